The van der Waals surface area contributed by atoms with Crippen LogP contribution in [0.4, 0.5) is 11.4 Å². The Morgan fingerprint density at radius 1 is 1.33 bits per heavy atom. The Balaban J connectivity index is 2.32. The lowest BCUT2D eigenvalue weighted by Gasteiger charge is -2.04. The van der Waals surface area contributed by atoms with Gasteiger partial charge in [0.2, 0.25) is 0 Å². The van der Waals surface area contributed by atoms with E-state index < -0.39 is 4.92 Å². The minimum atomic E-state index is -0.399. The Hall–Kier alpha value is -2.08. The monoisotopic (exact) mass is 261 g/mol. The van der Waals surface area contributed by atoms with E-state index in [4.69, 9.17) is 0 Å². The van der Waals surface area contributed by atoms with Crippen molar-refractivity contribution in [2.75, 3.05) is 12.4 Å². The Morgan fingerprint density at radius 3 is 2.78 bits per heavy atom. The Morgan fingerprint density at radius 2 is 2.17 bits per heavy atom. The zero-order valence-corrected chi connectivity index (χ0v) is 10.5. The highest BCUT2D eigenvalue weighted by molar-refractivity contribution is 7.99. The molecule has 0 atom stereocenters. The van der Waals surface area contributed by atoms with E-state index in [1.165, 1.54) is 17.8 Å². The van der Waals surface area contributed by atoms with Gasteiger partial charge in [-0.25, -0.2) is 4.98 Å². The number of hydrogen-bond donors (Lipinski definition) is 1. The van der Waals surface area contributed by atoms with Crippen molar-refractivity contribution in [2.24, 2.45) is 0 Å². The van der Waals surface area contributed by atoms with Gasteiger partial charge in [0.05, 0.1) is 4.92 Å². The van der Waals surface area contributed by atoms with Crippen LogP contribution in [0, 0.1) is 10.1 Å². The first kappa shape index (κ1) is 12.4. The molecule has 6 heteroatoms. The van der Waals surface area contributed by atoms with Gasteiger partial charge >= 0.3 is 0 Å². The third-order valence-electron chi connectivity index (χ3n) is 2.25. The second-order valence-electron chi connectivity index (χ2n) is 3.49. The summed E-state index contributed by atoms with van der Waals surface area (Å²) in [6, 6.07) is 10.5. The third-order valence-corrected chi connectivity index (χ3v) is 3.17. The molecule has 1 aromatic heterocycles. The Labute approximate surface area is 108 Å². The molecule has 0 amide bonds. The third kappa shape index (κ3) is 2.98. The molecule has 0 saturated carbocycles. The number of aromatic nitrogens is 1. The van der Waals surface area contributed by atoms with E-state index in [-0.39, 0.29) is 5.69 Å². The molecule has 1 N–H and O–H groups in total. The maximum atomic E-state index is 10.8. The summed E-state index contributed by atoms with van der Waals surface area (Å²) in [6.07, 6.45) is 1.69. The van der Waals surface area contributed by atoms with Crippen LogP contribution in [0.5, 0.6) is 0 Å². The molecule has 0 saturated heterocycles. The number of pyridine rings is 1. The lowest BCUT2D eigenvalue weighted by Crippen LogP contribution is -1.93. The normalized spacial score (nSPS) is 10.1. The van der Waals surface area contributed by atoms with E-state index in [0.717, 1.165) is 9.92 Å². The van der Waals surface area contributed by atoms with Gasteiger partial charge < -0.3 is 5.32 Å². The maximum Gasteiger partial charge on any atom is 0.272 e. The molecule has 92 valence electrons. The molecular formula is C12H11N3O2S. The average Bonchev–Trinajstić information content (AvgIpc) is 2.39. The van der Waals surface area contributed by atoms with Crippen LogP contribution in [0.2, 0.25) is 0 Å². The SMILES string of the molecule is CNc1cc(Sc2ccccn2)cc([N+](=O)[O-])c1. The molecular weight excluding hydrogens is 250 g/mol. The second-order valence-corrected chi connectivity index (χ2v) is 4.59. The molecule has 0 aliphatic rings. The number of nitrogens with zero attached hydrogens (tertiary/aromatic N) is 2. The van der Waals surface area contributed by atoms with Crippen molar-refractivity contribution in [3.8, 4) is 0 Å². The summed E-state index contributed by atoms with van der Waals surface area (Å²) in [5.74, 6) is 0. The summed E-state index contributed by atoms with van der Waals surface area (Å²) in [5, 5.41) is 14.5. The molecule has 2 aromatic rings. The highest BCUT2D eigenvalue weighted by Crippen LogP contribution is 2.31. The van der Waals surface area contributed by atoms with Crippen molar-refractivity contribution >= 4 is 23.1 Å². The molecule has 1 aromatic carbocycles. The topological polar surface area (TPSA) is 68.1 Å². The molecule has 0 spiro atoms. The fourth-order valence-electron chi connectivity index (χ4n) is 1.42. The number of nitro benzene ring substituents is 1. The Bertz CT molecular complexity index is 561. The van der Waals surface area contributed by atoms with Gasteiger partial charge in [-0.15, -0.1) is 0 Å². The van der Waals surface area contributed by atoms with Crippen LogP contribution in [0.15, 0.2) is 52.5 Å². The van der Waals surface area contributed by atoms with Crippen LogP contribution in [0.1, 0.15) is 0 Å². The maximum absolute atomic E-state index is 10.8. The predicted octanol–water partition coefficient (Wildman–Crippen LogP) is 3.18. The number of rotatable bonds is 4. The van der Waals surface area contributed by atoms with Crippen molar-refractivity contribution in [3.63, 3.8) is 0 Å². The van der Waals surface area contributed by atoms with Crippen LogP contribution in [-0.2, 0) is 0 Å². The molecule has 0 aliphatic heterocycles. The first-order chi connectivity index (χ1) is 8.69. The number of non-ortho nitro benzene ring substituents is 1. The van der Waals surface area contributed by atoms with Crippen LogP contribution in [0.3, 0.4) is 0 Å². The zero-order chi connectivity index (χ0) is 13.0. The molecule has 0 aliphatic carbocycles. The van der Waals surface area contributed by atoms with E-state index in [1.807, 2.05) is 24.3 Å². The summed E-state index contributed by atoms with van der Waals surface area (Å²) < 4.78 is 0. The number of anilines is 1. The van der Waals surface area contributed by atoms with Crippen molar-refractivity contribution < 1.29 is 4.92 Å². The highest BCUT2D eigenvalue weighted by atomic mass is 32.2. The average molecular weight is 261 g/mol. The van der Waals surface area contributed by atoms with Gasteiger partial charge in [0.1, 0.15) is 5.03 Å². The molecule has 0 radical (unpaired) electrons. The van der Waals surface area contributed by atoms with E-state index in [1.54, 1.807) is 19.3 Å². The van der Waals surface area contributed by atoms with Crippen molar-refractivity contribution in [1.29, 1.82) is 0 Å². The van der Waals surface area contributed by atoms with E-state index in [2.05, 4.69) is 10.3 Å². The predicted molar refractivity (Wildman–Crippen MR) is 71.0 cm³/mol. The second kappa shape index (κ2) is 5.50. The van der Waals surface area contributed by atoms with Gasteiger partial charge in [-0.2, -0.15) is 0 Å². The van der Waals surface area contributed by atoms with Crippen LogP contribution in [-0.4, -0.2) is 17.0 Å². The number of nitro groups is 1. The molecule has 1 heterocycles. The van der Waals surface area contributed by atoms with Crippen LogP contribution >= 0.6 is 11.8 Å². The molecule has 18 heavy (non-hydrogen) atoms. The fourth-order valence-corrected chi connectivity index (χ4v) is 2.29. The summed E-state index contributed by atoms with van der Waals surface area (Å²) in [4.78, 5) is 15.4. The molecule has 0 bridgehead atoms. The van der Waals surface area contributed by atoms with E-state index in [0.29, 0.717) is 5.69 Å². The molecule has 0 unspecified atom stereocenters. The lowest BCUT2D eigenvalue weighted by atomic mass is 10.3. The number of nitrogens with one attached hydrogen (secondary N) is 1. The largest absolute Gasteiger partial charge is 0.388 e. The zero-order valence-electron chi connectivity index (χ0n) is 9.66. The van der Waals surface area contributed by atoms with E-state index >= 15 is 0 Å². The van der Waals surface area contributed by atoms with Crippen molar-refractivity contribution in [2.45, 2.75) is 9.92 Å². The first-order valence-corrected chi connectivity index (χ1v) is 6.07. The van der Waals surface area contributed by atoms with Crippen LogP contribution < -0.4 is 5.32 Å². The first-order valence-electron chi connectivity index (χ1n) is 5.25. The van der Waals surface area contributed by atoms with Crippen LogP contribution in [0.25, 0.3) is 0 Å². The number of benzene rings is 1. The minimum absolute atomic E-state index is 0.0697. The Kier molecular flexibility index (Phi) is 3.78. The number of hydrogen-bond acceptors (Lipinski definition) is 5. The lowest BCUT2D eigenvalue weighted by molar-refractivity contribution is -0.385. The standard InChI is InChI=1S/C12H11N3O2S/c1-13-9-6-10(15(16)17)8-11(7-9)18-12-4-2-3-5-14-12/h2-8,13H,1H3. The van der Waals surface area contributed by atoms with Gasteiger partial charge in [-0.1, -0.05) is 17.8 Å². The van der Waals surface area contributed by atoms with Gasteiger partial charge in [0.15, 0.2) is 0 Å². The smallest absolute Gasteiger partial charge is 0.272 e. The minimum Gasteiger partial charge on any atom is -0.388 e. The quantitative estimate of drug-likeness (QED) is 0.676. The van der Waals surface area contributed by atoms with Gasteiger partial charge in [0, 0.05) is 36.0 Å². The molecule has 0 fully saturated rings. The fraction of sp³-hybridized carbons (Fsp3) is 0.0833. The summed E-state index contributed by atoms with van der Waals surface area (Å²) in [6.45, 7) is 0. The van der Waals surface area contributed by atoms with Crippen molar-refractivity contribution in [3.05, 3.63) is 52.7 Å². The van der Waals surface area contributed by atoms with Gasteiger partial charge in [-0.05, 0) is 18.2 Å². The summed E-state index contributed by atoms with van der Waals surface area (Å²) in [7, 11) is 1.73. The molecule has 5 nitrogen and oxygen atoms in total. The van der Waals surface area contributed by atoms with Gasteiger partial charge in [0.25, 0.3) is 5.69 Å². The van der Waals surface area contributed by atoms with E-state index in [9.17, 15) is 10.1 Å². The summed E-state index contributed by atoms with van der Waals surface area (Å²) >= 11 is 1.39. The summed E-state index contributed by atoms with van der Waals surface area (Å²) in [5.41, 5.74) is 0.780. The van der Waals surface area contributed by atoms with Crippen molar-refractivity contribution in [1.82, 2.24) is 4.98 Å². The molecule has 2 rings (SSSR count). The van der Waals surface area contributed by atoms with Gasteiger partial charge in [-0.3, -0.25) is 10.1 Å². The highest BCUT2D eigenvalue weighted by Gasteiger charge is 2.10.